The summed E-state index contributed by atoms with van der Waals surface area (Å²) in [6, 6.07) is 0.800. The van der Waals surface area contributed by atoms with E-state index in [1.54, 1.807) is 12.4 Å². The summed E-state index contributed by atoms with van der Waals surface area (Å²) in [7, 11) is 0. The second kappa shape index (κ2) is 7.67. The number of fused-ring (bicyclic) bond motifs is 2. The molecule has 1 saturated carbocycles. The minimum atomic E-state index is 0.328. The molecule has 1 aromatic heterocycles. The Morgan fingerprint density at radius 3 is 2.73 bits per heavy atom. The summed E-state index contributed by atoms with van der Waals surface area (Å²) in [5.41, 5.74) is 0.863. The Morgan fingerprint density at radius 2 is 2.12 bits per heavy atom. The molecule has 26 heavy (non-hydrogen) atoms. The van der Waals surface area contributed by atoms with Crippen molar-refractivity contribution in [2.24, 2.45) is 15.9 Å². The van der Waals surface area contributed by atoms with Crippen molar-refractivity contribution in [2.45, 2.75) is 37.8 Å². The van der Waals surface area contributed by atoms with Gasteiger partial charge in [0.05, 0.1) is 11.9 Å². The fourth-order valence-electron chi connectivity index (χ4n) is 3.87. The third-order valence-corrected chi connectivity index (χ3v) is 5.83. The van der Waals surface area contributed by atoms with E-state index in [1.807, 2.05) is 11.5 Å². The van der Waals surface area contributed by atoms with Crippen LogP contribution < -0.4 is 5.32 Å². The number of nitrogens with one attached hydrogen (secondary N) is 1. The van der Waals surface area contributed by atoms with Crippen molar-refractivity contribution >= 4 is 35.8 Å². The molecule has 4 rings (SSSR count). The number of aromatic nitrogens is 1. The van der Waals surface area contributed by atoms with Gasteiger partial charge in [-0.1, -0.05) is 6.08 Å². The van der Waals surface area contributed by atoms with E-state index in [4.69, 9.17) is 0 Å². The van der Waals surface area contributed by atoms with Gasteiger partial charge in [0, 0.05) is 49.2 Å². The van der Waals surface area contributed by atoms with Crippen LogP contribution in [0.25, 0.3) is 0 Å². The first kappa shape index (κ1) is 17.4. The van der Waals surface area contributed by atoms with Gasteiger partial charge in [0.2, 0.25) is 11.9 Å². The number of amides is 1. The molecule has 8 heteroatoms. The van der Waals surface area contributed by atoms with Crippen LogP contribution >= 0.6 is 11.5 Å². The average Bonchev–Trinajstić information content (AvgIpc) is 3.31. The molecule has 0 radical (unpaired) electrons. The molecule has 1 aliphatic carbocycles. The summed E-state index contributed by atoms with van der Waals surface area (Å²) in [6.07, 6.45) is 10.0. The standard InChI is InChI=1S/C18H24N6OS/c1-19-18(22-14-9-21-26-12-14)20-7-2-8-23-10-15-5-6-16(11-23)24(15)17(25)13-3-4-13/h2,7,9,12-13,15-16H,1,3-6,8,10-11H2,(H,20,22)/b7-2-/t15-,16+. The topological polar surface area (TPSA) is 73.2 Å². The van der Waals surface area contributed by atoms with Crippen molar-refractivity contribution in [1.29, 1.82) is 0 Å². The van der Waals surface area contributed by atoms with Gasteiger partial charge in [-0.05, 0) is 43.9 Å². The van der Waals surface area contributed by atoms with E-state index in [2.05, 4.69) is 36.2 Å². The molecule has 1 amide bonds. The van der Waals surface area contributed by atoms with Gasteiger partial charge in [0.25, 0.3) is 0 Å². The molecule has 3 fully saturated rings. The fraction of sp³-hybridized carbons (Fsp3) is 0.556. The molecule has 2 atom stereocenters. The van der Waals surface area contributed by atoms with Crippen LogP contribution in [-0.2, 0) is 4.79 Å². The molecular weight excluding hydrogens is 348 g/mol. The van der Waals surface area contributed by atoms with E-state index in [0.717, 1.165) is 51.0 Å². The largest absolute Gasteiger partial charge is 0.334 e. The highest BCUT2D eigenvalue weighted by atomic mass is 32.1. The Labute approximate surface area is 157 Å². The van der Waals surface area contributed by atoms with E-state index in [9.17, 15) is 4.79 Å². The van der Waals surface area contributed by atoms with Crippen LogP contribution in [-0.4, -0.2) is 64.5 Å². The summed E-state index contributed by atoms with van der Waals surface area (Å²) < 4.78 is 4.03. The molecule has 2 bridgehead atoms. The van der Waals surface area contributed by atoms with Crippen LogP contribution in [0.3, 0.4) is 0 Å². The Bertz CT molecular complexity index is 697. The first-order valence-electron chi connectivity index (χ1n) is 9.15. The summed E-state index contributed by atoms with van der Waals surface area (Å²) in [5, 5.41) is 4.96. The van der Waals surface area contributed by atoms with Crippen LogP contribution in [0.2, 0.25) is 0 Å². The van der Waals surface area contributed by atoms with Crippen LogP contribution in [0.4, 0.5) is 5.69 Å². The number of carbonyl (C=O) groups excluding carboxylic acids is 1. The lowest BCUT2D eigenvalue weighted by Gasteiger charge is -2.41. The van der Waals surface area contributed by atoms with E-state index in [-0.39, 0.29) is 0 Å². The van der Waals surface area contributed by atoms with Crippen molar-refractivity contribution in [3.05, 3.63) is 23.9 Å². The van der Waals surface area contributed by atoms with Gasteiger partial charge in [0.1, 0.15) is 0 Å². The van der Waals surface area contributed by atoms with E-state index in [1.165, 1.54) is 11.5 Å². The number of rotatable bonds is 5. The number of anilines is 1. The molecule has 1 aromatic rings. The van der Waals surface area contributed by atoms with Gasteiger partial charge < -0.3 is 10.2 Å². The Balaban J connectivity index is 1.29. The highest BCUT2D eigenvalue weighted by Gasteiger charge is 2.46. The number of aliphatic imine (C=N–C) groups is 2. The fourth-order valence-corrected chi connectivity index (χ4v) is 4.34. The average molecular weight is 372 g/mol. The predicted molar refractivity (Wildman–Crippen MR) is 105 cm³/mol. The Morgan fingerprint density at radius 1 is 1.35 bits per heavy atom. The number of carbonyl (C=O) groups is 1. The maximum absolute atomic E-state index is 12.5. The first-order chi connectivity index (χ1) is 12.7. The smallest absolute Gasteiger partial charge is 0.226 e. The van der Waals surface area contributed by atoms with Crippen molar-refractivity contribution in [3.8, 4) is 0 Å². The second-order valence-corrected chi connectivity index (χ2v) is 7.81. The normalized spacial score (nSPS) is 26.5. The van der Waals surface area contributed by atoms with Gasteiger partial charge in [-0.3, -0.25) is 9.69 Å². The number of nitrogens with zero attached hydrogens (tertiary/aromatic N) is 5. The lowest BCUT2D eigenvalue weighted by Crippen LogP contribution is -2.56. The molecule has 1 N–H and O–H groups in total. The van der Waals surface area contributed by atoms with E-state index in [0.29, 0.717) is 29.9 Å². The number of piperazine rings is 1. The van der Waals surface area contributed by atoms with Gasteiger partial charge in [0.15, 0.2) is 0 Å². The minimum absolute atomic E-state index is 0.328. The van der Waals surface area contributed by atoms with E-state index >= 15 is 0 Å². The summed E-state index contributed by atoms with van der Waals surface area (Å²) in [4.78, 5) is 25.3. The monoisotopic (exact) mass is 372 g/mol. The van der Waals surface area contributed by atoms with Crippen molar-refractivity contribution in [2.75, 3.05) is 25.0 Å². The number of likely N-dealkylation sites (tertiary alicyclic amines) is 1. The molecule has 0 unspecified atom stereocenters. The molecule has 3 aliphatic rings. The SMILES string of the molecule is C=NC(=N/C=C\CN1C[C@H]2CC[C@@H](C1)N2C(=O)C1CC1)Nc1cnsc1. The number of hydrogen-bond acceptors (Lipinski definition) is 5. The zero-order valence-electron chi connectivity index (χ0n) is 14.8. The summed E-state index contributed by atoms with van der Waals surface area (Å²) in [6.45, 7) is 6.31. The lowest BCUT2D eigenvalue weighted by atomic mass is 10.1. The Kier molecular flexibility index (Phi) is 5.12. The third-order valence-electron chi connectivity index (χ3n) is 5.24. The molecule has 7 nitrogen and oxygen atoms in total. The molecule has 3 heterocycles. The summed E-state index contributed by atoms with van der Waals surface area (Å²) >= 11 is 1.37. The zero-order chi connectivity index (χ0) is 17.9. The first-order valence-corrected chi connectivity index (χ1v) is 9.98. The molecule has 2 saturated heterocycles. The third kappa shape index (κ3) is 3.86. The van der Waals surface area contributed by atoms with Gasteiger partial charge in [-0.15, -0.1) is 0 Å². The minimum Gasteiger partial charge on any atom is -0.334 e. The zero-order valence-corrected chi connectivity index (χ0v) is 15.6. The van der Waals surface area contributed by atoms with Crippen molar-refractivity contribution in [1.82, 2.24) is 14.2 Å². The summed E-state index contributed by atoms with van der Waals surface area (Å²) in [5.74, 6) is 1.20. The van der Waals surface area contributed by atoms with Gasteiger partial charge in [-0.25, -0.2) is 9.98 Å². The molecule has 0 spiro atoms. The number of guanidine groups is 1. The molecule has 0 aromatic carbocycles. The van der Waals surface area contributed by atoms with Crippen LogP contribution in [0.5, 0.6) is 0 Å². The molecular formula is C18H24N6OS. The maximum Gasteiger partial charge on any atom is 0.226 e. The molecule has 2 aliphatic heterocycles. The second-order valence-electron chi connectivity index (χ2n) is 7.16. The van der Waals surface area contributed by atoms with E-state index < -0.39 is 0 Å². The highest BCUT2D eigenvalue weighted by molar-refractivity contribution is 7.04. The van der Waals surface area contributed by atoms with Crippen LogP contribution in [0.15, 0.2) is 33.8 Å². The Hall–Kier alpha value is -2.06. The predicted octanol–water partition coefficient (Wildman–Crippen LogP) is 2.21. The van der Waals surface area contributed by atoms with Gasteiger partial charge >= 0.3 is 0 Å². The highest BCUT2D eigenvalue weighted by Crippen LogP contribution is 2.37. The van der Waals surface area contributed by atoms with Crippen molar-refractivity contribution in [3.63, 3.8) is 0 Å². The van der Waals surface area contributed by atoms with Crippen LogP contribution in [0, 0.1) is 5.92 Å². The quantitative estimate of drug-likeness (QED) is 0.635. The molecule has 138 valence electrons. The maximum atomic E-state index is 12.5. The van der Waals surface area contributed by atoms with Crippen LogP contribution in [0.1, 0.15) is 25.7 Å². The van der Waals surface area contributed by atoms with Gasteiger partial charge in [-0.2, -0.15) is 4.37 Å². The van der Waals surface area contributed by atoms with Crippen molar-refractivity contribution < 1.29 is 4.79 Å². The number of hydrogen-bond donors (Lipinski definition) is 1. The lowest BCUT2D eigenvalue weighted by molar-refractivity contribution is -0.138.